The molecule has 1 N–H and O–H groups in total. The van der Waals surface area contributed by atoms with Gasteiger partial charge in [0.05, 0.1) is 20.2 Å². The average Bonchev–Trinajstić information content (AvgIpc) is 2.79. The highest BCUT2D eigenvalue weighted by Crippen LogP contribution is 2.29. The number of ether oxygens (including phenoxy) is 2. The van der Waals surface area contributed by atoms with Crippen LogP contribution < -0.4 is 10.1 Å². The molecule has 2 amide bonds. The van der Waals surface area contributed by atoms with Crippen LogP contribution in [-0.4, -0.2) is 49.4 Å². The predicted molar refractivity (Wildman–Crippen MR) is 120 cm³/mol. The van der Waals surface area contributed by atoms with E-state index in [1.165, 1.54) is 0 Å². The lowest BCUT2D eigenvalue weighted by atomic mass is 10.1. The van der Waals surface area contributed by atoms with E-state index < -0.39 is 6.09 Å². The highest BCUT2D eigenvalue weighted by molar-refractivity contribution is 6.04. The number of rotatable bonds is 8. The summed E-state index contributed by atoms with van der Waals surface area (Å²) in [6.07, 6.45) is 2.87. The van der Waals surface area contributed by atoms with Gasteiger partial charge in [0.15, 0.2) is 6.10 Å². The number of hydrogen-bond donors (Lipinski definition) is 1. The second-order valence-electron chi connectivity index (χ2n) is 7.82. The molecule has 1 aliphatic rings. The zero-order chi connectivity index (χ0) is 22.1. The Kier molecular flexibility index (Phi) is 7.89. The second-order valence-corrected chi connectivity index (χ2v) is 7.82. The number of quaternary nitrogens is 1. The van der Waals surface area contributed by atoms with E-state index in [0.29, 0.717) is 30.0 Å². The molecule has 2 aromatic rings. The topological polar surface area (TPSA) is 78.7 Å². The lowest BCUT2D eigenvalue weighted by Gasteiger charge is -2.51. The van der Waals surface area contributed by atoms with Crippen molar-refractivity contribution in [2.24, 2.45) is 0 Å². The smallest absolute Gasteiger partial charge is 0.412 e. The number of amides is 2. The first kappa shape index (κ1) is 22.6. The second kappa shape index (κ2) is 10.8. The third-order valence-electron chi connectivity index (χ3n) is 5.58. The van der Waals surface area contributed by atoms with Crippen LogP contribution in [0.15, 0.2) is 54.6 Å². The van der Waals surface area contributed by atoms with Crippen molar-refractivity contribution < 1.29 is 23.7 Å². The maximum Gasteiger partial charge on any atom is 0.412 e. The molecule has 0 spiro atoms. The van der Waals surface area contributed by atoms with Crippen LogP contribution in [0.25, 0.3) is 5.43 Å². The van der Waals surface area contributed by atoms with Gasteiger partial charge in [-0.1, -0.05) is 37.3 Å². The largest absolute Gasteiger partial charge is 0.496 e. The van der Waals surface area contributed by atoms with E-state index in [1.54, 1.807) is 25.3 Å². The molecule has 0 saturated carbocycles. The number of piperidine rings is 1. The molecule has 1 saturated heterocycles. The van der Waals surface area contributed by atoms with Crippen LogP contribution in [0.2, 0.25) is 0 Å². The number of carbonyl (C=O) groups is 2. The molecule has 0 aliphatic carbocycles. The van der Waals surface area contributed by atoms with E-state index >= 15 is 0 Å². The first-order valence-corrected chi connectivity index (χ1v) is 10.8. The summed E-state index contributed by atoms with van der Waals surface area (Å²) in [5.41, 5.74) is 5.76. The Morgan fingerprint density at radius 2 is 1.71 bits per heavy atom. The van der Waals surface area contributed by atoms with E-state index in [-0.39, 0.29) is 16.6 Å². The number of nitrogens with one attached hydrogen (secondary N) is 1. The molecule has 2 aromatic carbocycles. The summed E-state index contributed by atoms with van der Waals surface area (Å²) >= 11 is 0. The van der Waals surface area contributed by atoms with Gasteiger partial charge in [-0.05, 0) is 49.9 Å². The molecule has 166 valence electrons. The lowest BCUT2D eigenvalue weighted by molar-refractivity contribution is -0.896. The van der Waals surface area contributed by atoms with Crippen molar-refractivity contribution in [3.63, 3.8) is 0 Å². The van der Waals surface area contributed by atoms with Gasteiger partial charge in [-0.3, -0.25) is 5.32 Å². The number of anilines is 1. The van der Waals surface area contributed by atoms with Gasteiger partial charge < -0.3 is 24.3 Å². The summed E-state index contributed by atoms with van der Waals surface area (Å²) in [5, 5.41) is 2.76. The molecule has 7 heteroatoms. The molecule has 1 unspecified atom stereocenters. The highest BCUT2D eigenvalue weighted by atomic mass is 16.6. The summed E-state index contributed by atoms with van der Waals surface area (Å²) in [6.45, 7) is 3.95. The molecule has 1 fully saturated rings. The van der Waals surface area contributed by atoms with Gasteiger partial charge in [0, 0.05) is 11.3 Å². The van der Waals surface area contributed by atoms with Crippen LogP contribution in [0.4, 0.5) is 10.5 Å². The van der Waals surface area contributed by atoms with Gasteiger partial charge in [0.2, 0.25) is 0 Å². The molecule has 3 rings (SSSR count). The Labute approximate surface area is 183 Å². The van der Waals surface area contributed by atoms with E-state index in [0.717, 1.165) is 32.4 Å². The van der Waals surface area contributed by atoms with Crippen molar-refractivity contribution >= 4 is 17.7 Å². The fourth-order valence-corrected chi connectivity index (χ4v) is 3.94. The summed E-state index contributed by atoms with van der Waals surface area (Å²) in [4.78, 5) is 25.4. The fourth-order valence-electron chi connectivity index (χ4n) is 3.94. The number of likely N-dealkylation sites (tertiary alicyclic amines) is 1. The minimum atomic E-state index is -0.496. The molecule has 7 nitrogen and oxygen atoms in total. The molecule has 1 atom stereocenters. The molecule has 1 heterocycles. The number of nitrogens with zero attached hydrogens (tertiary/aromatic N) is 2. The Morgan fingerprint density at radius 3 is 2.39 bits per heavy atom. The Bertz CT molecular complexity index is 866. The zero-order valence-electron chi connectivity index (χ0n) is 18.3. The molecular weight excluding hydrogens is 394 g/mol. The summed E-state index contributed by atoms with van der Waals surface area (Å²) in [7, 11) is 1.55. The molecule has 0 bridgehead atoms. The molecule has 1 aliphatic heterocycles. The van der Waals surface area contributed by atoms with Crippen LogP contribution in [0.3, 0.4) is 0 Å². The molecule has 0 aromatic heterocycles. The third kappa shape index (κ3) is 6.21. The van der Waals surface area contributed by atoms with Crippen molar-refractivity contribution in [2.75, 3.05) is 32.1 Å². The summed E-state index contributed by atoms with van der Waals surface area (Å²) in [5.74, 6) is 0.208. The van der Waals surface area contributed by atoms with Gasteiger partial charge in [0.25, 0.3) is 0 Å². The van der Waals surface area contributed by atoms with Gasteiger partial charge in [-0.25, -0.2) is 4.79 Å². The van der Waals surface area contributed by atoms with Crippen molar-refractivity contribution in [2.45, 2.75) is 38.7 Å². The van der Waals surface area contributed by atoms with Crippen LogP contribution in [-0.2, 0) is 4.74 Å². The van der Waals surface area contributed by atoms with Gasteiger partial charge in [-0.15, -0.1) is 0 Å². The van der Waals surface area contributed by atoms with Crippen LogP contribution in [0.1, 0.15) is 43.0 Å². The normalized spacial score (nSPS) is 16.1. The maximum absolute atomic E-state index is 13.0. The van der Waals surface area contributed by atoms with E-state index in [9.17, 15) is 9.59 Å². The van der Waals surface area contributed by atoms with Crippen molar-refractivity contribution in [1.29, 1.82) is 0 Å². The number of carbonyl (C=O) groups excluding carboxylic acids is 2. The minimum absolute atomic E-state index is 0.272. The lowest BCUT2D eigenvalue weighted by Crippen LogP contribution is -2.53. The van der Waals surface area contributed by atoms with Crippen LogP contribution >= 0.6 is 0 Å². The molecule has 31 heavy (non-hydrogen) atoms. The Hall–Kier alpha value is -3.06. The Balaban J connectivity index is 1.70. The quantitative estimate of drug-likeness (QED) is 0.593. The van der Waals surface area contributed by atoms with Crippen LogP contribution in [0.5, 0.6) is 5.75 Å². The van der Waals surface area contributed by atoms with Crippen LogP contribution in [0, 0.1) is 0 Å². The molecule has 0 radical (unpaired) electrons. The molecular formula is C24H31N3O4. The van der Waals surface area contributed by atoms with E-state index in [1.807, 2.05) is 43.3 Å². The van der Waals surface area contributed by atoms with E-state index in [4.69, 9.17) is 9.47 Å². The monoisotopic (exact) mass is 425 g/mol. The highest BCUT2D eigenvalue weighted by Gasteiger charge is 2.30. The van der Waals surface area contributed by atoms with Gasteiger partial charge >= 0.3 is 6.09 Å². The van der Waals surface area contributed by atoms with Gasteiger partial charge in [0.1, 0.15) is 18.2 Å². The summed E-state index contributed by atoms with van der Waals surface area (Å²) < 4.78 is 11.3. The number of para-hydroxylation sites is 2. The van der Waals surface area contributed by atoms with Crippen molar-refractivity contribution in [3.8, 4) is 5.75 Å². The SMILES string of the molecule is CCC(C[N+]1([N-]C(=O)c2ccccc2OC)CCCCC1)OC(=O)Nc1ccccc1. The van der Waals surface area contributed by atoms with Crippen molar-refractivity contribution in [3.05, 3.63) is 65.6 Å². The van der Waals surface area contributed by atoms with Gasteiger partial charge in [-0.2, -0.15) is 0 Å². The third-order valence-corrected chi connectivity index (χ3v) is 5.58. The zero-order valence-corrected chi connectivity index (χ0v) is 18.3. The number of methoxy groups -OCH3 is 1. The van der Waals surface area contributed by atoms with Crippen molar-refractivity contribution in [1.82, 2.24) is 0 Å². The predicted octanol–water partition coefficient (Wildman–Crippen LogP) is 5.15. The maximum atomic E-state index is 13.0. The first-order chi connectivity index (χ1) is 15.0. The Morgan fingerprint density at radius 1 is 1.03 bits per heavy atom. The van der Waals surface area contributed by atoms with E-state index in [2.05, 4.69) is 10.7 Å². The average molecular weight is 426 g/mol. The first-order valence-electron chi connectivity index (χ1n) is 10.8. The summed E-state index contributed by atoms with van der Waals surface area (Å²) in [6, 6.07) is 16.3. The standard InChI is InChI=1S/C24H31N3O4/c1-3-20(31-24(29)25-19-12-6-4-7-13-19)18-27(16-10-5-11-17-27)26-23(28)21-14-8-9-15-22(21)30-2/h4,6-9,12-15,20H,3,5,10-11,16-18H2,1-2H3,(H,25,29). The fraction of sp³-hybridized carbons (Fsp3) is 0.417. The minimum Gasteiger partial charge on any atom is -0.496 e. The number of hydrogen-bond acceptors (Lipinski definition) is 4. The number of benzene rings is 2.